The Hall–Kier alpha value is -2.05. The molecule has 0 unspecified atom stereocenters. The van der Waals surface area contributed by atoms with Gasteiger partial charge >= 0.3 is 0 Å². The summed E-state index contributed by atoms with van der Waals surface area (Å²) < 4.78 is 0.971. The SMILES string of the molecule is O=C(CCSc1ccc(Cl)cc1)N(Cc1ccccc1)c1nc2c(Cl)cccc2s1. The monoisotopic (exact) mass is 472 g/mol. The second-order valence-electron chi connectivity index (χ2n) is 6.60. The van der Waals surface area contributed by atoms with E-state index in [9.17, 15) is 4.79 Å². The zero-order valence-electron chi connectivity index (χ0n) is 15.9. The first kappa shape index (κ1) is 21.2. The van der Waals surface area contributed by atoms with Crippen LogP contribution in [0.15, 0.2) is 77.7 Å². The van der Waals surface area contributed by atoms with Gasteiger partial charge in [0, 0.05) is 22.1 Å². The molecular weight excluding hydrogens is 455 g/mol. The molecule has 4 aromatic rings. The van der Waals surface area contributed by atoms with Crippen LogP contribution in [0, 0.1) is 0 Å². The van der Waals surface area contributed by atoms with Crippen LogP contribution in [0.3, 0.4) is 0 Å². The standard InChI is InChI=1S/C23H18Cl2N2OS2/c24-17-9-11-18(12-10-17)29-14-13-21(28)27(15-16-5-2-1-3-6-16)23-26-22-19(25)7-4-8-20(22)30-23/h1-12H,13-15H2. The molecule has 7 heteroatoms. The van der Waals surface area contributed by atoms with Gasteiger partial charge in [-0.3, -0.25) is 9.69 Å². The average Bonchev–Trinajstić information content (AvgIpc) is 3.19. The number of fused-ring (bicyclic) bond motifs is 1. The Labute approximate surface area is 193 Å². The second-order valence-corrected chi connectivity index (χ2v) is 9.62. The van der Waals surface area contributed by atoms with Crippen molar-refractivity contribution in [2.75, 3.05) is 10.7 Å². The molecule has 3 aromatic carbocycles. The van der Waals surface area contributed by atoms with Crippen LogP contribution in [0.1, 0.15) is 12.0 Å². The van der Waals surface area contributed by atoms with E-state index in [-0.39, 0.29) is 5.91 Å². The number of rotatable bonds is 7. The topological polar surface area (TPSA) is 33.2 Å². The van der Waals surface area contributed by atoms with Gasteiger partial charge in [-0.2, -0.15) is 0 Å². The summed E-state index contributed by atoms with van der Waals surface area (Å²) in [4.78, 5) is 20.7. The zero-order valence-corrected chi connectivity index (χ0v) is 19.1. The predicted molar refractivity (Wildman–Crippen MR) is 129 cm³/mol. The van der Waals surface area contributed by atoms with E-state index >= 15 is 0 Å². The van der Waals surface area contributed by atoms with E-state index in [2.05, 4.69) is 4.98 Å². The van der Waals surface area contributed by atoms with Gasteiger partial charge in [-0.05, 0) is 42.0 Å². The number of benzene rings is 3. The van der Waals surface area contributed by atoms with Crippen molar-refractivity contribution in [3.05, 3.63) is 88.4 Å². The van der Waals surface area contributed by atoms with Gasteiger partial charge in [-0.25, -0.2) is 4.98 Å². The molecule has 0 N–H and O–H groups in total. The number of thiazole rings is 1. The van der Waals surface area contributed by atoms with E-state index in [1.54, 1.807) is 16.7 Å². The number of carbonyl (C=O) groups excluding carboxylic acids is 1. The smallest absolute Gasteiger partial charge is 0.229 e. The van der Waals surface area contributed by atoms with E-state index in [1.807, 2.05) is 72.8 Å². The van der Waals surface area contributed by atoms with Crippen molar-refractivity contribution in [3.8, 4) is 0 Å². The van der Waals surface area contributed by atoms with Crippen molar-refractivity contribution < 1.29 is 4.79 Å². The van der Waals surface area contributed by atoms with Crippen LogP contribution in [-0.2, 0) is 11.3 Å². The molecule has 4 rings (SSSR count). The summed E-state index contributed by atoms with van der Waals surface area (Å²) in [6, 6.07) is 23.3. The number of aromatic nitrogens is 1. The summed E-state index contributed by atoms with van der Waals surface area (Å²) in [5.41, 5.74) is 1.79. The summed E-state index contributed by atoms with van der Waals surface area (Å²) in [6.07, 6.45) is 0.407. The van der Waals surface area contributed by atoms with E-state index in [0.29, 0.717) is 33.9 Å². The van der Waals surface area contributed by atoms with Crippen molar-refractivity contribution in [1.82, 2.24) is 4.98 Å². The molecule has 0 saturated carbocycles. The van der Waals surface area contributed by atoms with Crippen molar-refractivity contribution >= 4 is 67.6 Å². The van der Waals surface area contributed by atoms with E-state index in [0.717, 1.165) is 20.7 Å². The van der Waals surface area contributed by atoms with Crippen molar-refractivity contribution in [2.24, 2.45) is 0 Å². The molecule has 3 nitrogen and oxygen atoms in total. The highest BCUT2D eigenvalue weighted by Gasteiger charge is 2.20. The Morgan fingerprint density at radius 1 is 0.967 bits per heavy atom. The molecule has 0 atom stereocenters. The first-order valence-corrected chi connectivity index (χ1v) is 11.9. The molecule has 1 aromatic heterocycles. The number of anilines is 1. The fourth-order valence-corrected chi connectivity index (χ4v) is 5.22. The molecular formula is C23H18Cl2N2OS2. The van der Waals surface area contributed by atoms with Gasteiger partial charge in [0.2, 0.25) is 5.91 Å². The highest BCUT2D eigenvalue weighted by atomic mass is 35.5. The van der Waals surface area contributed by atoms with Crippen LogP contribution in [0.5, 0.6) is 0 Å². The molecule has 1 amide bonds. The van der Waals surface area contributed by atoms with Gasteiger partial charge in [-0.15, -0.1) is 11.8 Å². The number of halogens is 2. The lowest BCUT2D eigenvalue weighted by Gasteiger charge is -2.20. The number of thioether (sulfide) groups is 1. The third-order valence-corrected chi connectivity index (χ3v) is 7.09. The van der Waals surface area contributed by atoms with Crippen molar-refractivity contribution in [1.29, 1.82) is 0 Å². The minimum Gasteiger partial charge on any atom is -0.284 e. The number of para-hydroxylation sites is 1. The Bertz CT molecular complexity index is 1150. The van der Waals surface area contributed by atoms with Gasteiger partial charge in [0.25, 0.3) is 0 Å². The summed E-state index contributed by atoms with van der Waals surface area (Å²) in [6.45, 7) is 0.475. The van der Waals surface area contributed by atoms with E-state index in [4.69, 9.17) is 23.2 Å². The van der Waals surface area contributed by atoms with E-state index in [1.165, 1.54) is 11.3 Å². The molecule has 30 heavy (non-hydrogen) atoms. The van der Waals surface area contributed by atoms with Gasteiger partial charge in [-0.1, -0.05) is 70.9 Å². The van der Waals surface area contributed by atoms with Crippen molar-refractivity contribution in [3.63, 3.8) is 0 Å². The van der Waals surface area contributed by atoms with Gasteiger partial charge < -0.3 is 0 Å². The number of nitrogens with zero attached hydrogens (tertiary/aromatic N) is 2. The zero-order chi connectivity index (χ0) is 20.9. The highest BCUT2D eigenvalue weighted by molar-refractivity contribution is 7.99. The van der Waals surface area contributed by atoms with Crippen LogP contribution >= 0.6 is 46.3 Å². The van der Waals surface area contributed by atoms with Gasteiger partial charge in [0.1, 0.15) is 5.52 Å². The number of hydrogen-bond acceptors (Lipinski definition) is 4. The van der Waals surface area contributed by atoms with E-state index < -0.39 is 0 Å². The summed E-state index contributed by atoms with van der Waals surface area (Å²) >= 11 is 15.4. The van der Waals surface area contributed by atoms with Crippen LogP contribution in [0.4, 0.5) is 5.13 Å². The molecule has 1 heterocycles. The Morgan fingerprint density at radius 3 is 2.47 bits per heavy atom. The maximum Gasteiger partial charge on any atom is 0.229 e. The minimum atomic E-state index is 0.0375. The minimum absolute atomic E-state index is 0.0375. The fraction of sp³-hybridized carbons (Fsp3) is 0.130. The quantitative estimate of drug-likeness (QED) is 0.264. The largest absolute Gasteiger partial charge is 0.284 e. The fourth-order valence-electron chi connectivity index (χ4n) is 2.97. The lowest BCUT2D eigenvalue weighted by Crippen LogP contribution is -2.30. The summed E-state index contributed by atoms with van der Waals surface area (Å²) in [7, 11) is 0. The number of amides is 1. The maximum atomic E-state index is 13.2. The van der Waals surface area contributed by atoms with Crippen LogP contribution in [0.25, 0.3) is 10.2 Å². The molecule has 0 aliphatic heterocycles. The van der Waals surface area contributed by atoms with Crippen LogP contribution in [-0.4, -0.2) is 16.6 Å². The second kappa shape index (κ2) is 9.84. The highest BCUT2D eigenvalue weighted by Crippen LogP contribution is 2.34. The molecule has 0 fully saturated rings. The molecule has 0 spiro atoms. The summed E-state index contributed by atoms with van der Waals surface area (Å²) in [5.74, 6) is 0.715. The first-order valence-electron chi connectivity index (χ1n) is 9.38. The first-order chi connectivity index (χ1) is 14.6. The lowest BCUT2D eigenvalue weighted by atomic mass is 10.2. The molecule has 0 saturated heterocycles. The van der Waals surface area contributed by atoms with Crippen LogP contribution < -0.4 is 4.90 Å². The molecule has 0 bridgehead atoms. The third kappa shape index (κ3) is 5.16. The van der Waals surface area contributed by atoms with Gasteiger partial charge in [0.15, 0.2) is 5.13 Å². The van der Waals surface area contributed by atoms with Gasteiger partial charge in [0.05, 0.1) is 16.3 Å². The lowest BCUT2D eigenvalue weighted by molar-refractivity contribution is -0.118. The molecule has 0 radical (unpaired) electrons. The number of hydrogen-bond donors (Lipinski definition) is 0. The molecule has 152 valence electrons. The normalized spacial score (nSPS) is 11.0. The van der Waals surface area contributed by atoms with Crippen molar-refractivity contribution in [2.45, 2.75) is 17.9 Å². The van der Waals surface area contributed by atoms with Crippen LogP contribution in [0.2, 0.25) is 10.0 Å². The Balaban J connectivity index is 1.53. The summed E-state index contributed by atoms with van der Waals surface area (Å²) in [5, 5.41) is 1.97. The maximum absolute atomic E-state index is 13.2. The molecule has 0 aliphatic rings. The average molecular weight is 473 g/mol. The predicted octanol–water partition coefficient (Wildman–Crippen LogP) is 7.32. The number of carbonyl (C=O) groups is 1. The third-order valence-electron chi connectivity index (χ3n) is 4.47. The Kier molecular flexibility index (Phi) is 6.95. The molecule has 0 aliphatic carbocycles. The Morgan fingerprint density at radius 2 is 1.73 bits per heavy atom.